The van der Waals surface area contributed by atoms with Crippen LogP contribution in [0.15, 0.2) is 24.3 Å². The van der Waals surface area contributed by atoms with Gasteiger partial charge < -0.3 is 15.4 Å². The van der Waals surface area contributed by atoms with Crippen LogP contribution in [0.5, 0.6) is 5.75 Å². The van der Waals surface area contributed by atoms with E-state index in [1.165, 1.54) is 12.1 Å². The van der Waals surface area contributed by atoms with Gasteiger partial charge in [0.15, 0.2) is 0 Å². The summed E-state index contributed by atoms with van der Waals surface area (Å²) in [7, 11) is 1.67. The standard InChI is InChI=1S/C12H16F2N2O2/c1-8(16-11(17)7-15-2)9-4-3-5-10(6-9)18-12(13)14/h3-6,8,12,15H,7H2,1-2H3,(H,16,17). The Morgan fingerprint density at radius 3 is 2.78 bits per heavy atom. The summed E-state index contributed by atoms with van der Waals surface area (Å²) in [6.07, 6.45) is 0. The number of ether oxygens (including phenoxy) is 1. The summed E-state index contributed by atoms with van der Waals surface area (Å²) in [5.74, 6) is -0.0811. The van der Waals surface area contributed by atoms with Gasteiger partial charge in [0.1, 0.15) is 5.75 Å². The monoisotopic (exact) mass is 258 g/mol. The lowest BCUT2D eigenvalue weighted by Crippen LogP contribution is -2.33. The number of likely N-dealkylation sites (N-methyl/N-ethyl adjacent to an activating group) is 1. The molecule has 0 aromatic heterocycles. The lowest BCUT2D eigenvalue weighted by atomic mass is 10.1. The average Bonchev–Trinajstić information content (AvgIpc) is 2.28. The minimum absolute atomic E-state index is 0.0808. The smallest absolute Gasteiger partial charge is 0.387 e. The van der Waals surface area contributed by atoms with Crippen molar-refractivity contribution in [1.82, 2.24) is 10.6 Å². The summed E-state index contributed by atoms with van der Waals surface area (Å²) in [5.41, 5.74) is 0.706. The Hall–Kier alpha value is -1.69. The van der Waals surface area contributed by atoms with Gasteiger partial charge in [0.2, 0.25) is 5.91 Å². The molecular weight excluding hydrogens is 242 g/mol. The lowest BCUT2D eigenvalue weighted by Gasteiger charge is -2.15. The van der Waals surface area contributed by atoms with E-state index >= 15 is 0 Å². The largest absolute Gasteiger partial charge is 0.435 e. The number of amides is 1. The molecule has 0 aliphatic heterocycles. The first-order chi connectivity index (χ1) is 8.52. The normalized spacial score (nSPS) is 12.3. The fraction of sp³-hybridized carbons (Fsp3) is 0.417. The van der Waals surface area contributed by atoms with Gasteiger partial charge in [-0.25, -0.2) is 0 Å². The van der Waals surface area contributed by atoms with Crippen molar-refractivity contribution in [2.24, 2.45) is 0 Å². The van der Waals surface area contributed by atoms with E-state index in [4.69, 9.17) is 0 Å². The number of alkyl halides is 2. The molecule has 0 saturated heterocycles. The van der Waals surface area contributed by atoms with Crippen molar-refractivity contribution in [3.63, 3.8) is 0 Å². The highest BCUT2D eigenvalue weighted by Crippen LogP contribution is 2.20. The number of hydrogen-bond acceptors (Lipinski definition) is 3. The molecule has 1 rings (SSSR count). The van der Waals surface area contributed by atoms with Crippen molar-refractivity contribution in [2.75, 3.05) is 13.6 Å². The predicted molar refractivity (Wildman–Crippen MR) is 63.6 cm³/mol. The number of carbonyl (C=O) groups excluding carboxylic acids is 1. The summed E-state index contributed by atoms with van der Waals surface area (Å²) < 4.78 is 28.4. The first-order valence-corrected chi connectivity index (χ1v) is 5.51. The first-order valence-electron chi connectivity index (χ1n) is 5.51. The molecule has 18 heavy (non-hydrogen) atoms. The lowest BCUT2D eigenvalue weighted by molar-refractivity contribution is -0.120. The Bertz CT molecular complexity index is 399. The van der Waals surface area contributed by atoms with Crippen LogP contribution in [0.2, 0.25) is 0 Å². The minimum Gasteiger partial charge on any atom is -0.435 e. The van der Waals surface area contributed by atoms with Gasteiger partial charge in [-0.1, -0.05) is 12.1 Å². The number of benzene rings is 1. The highest BCUT2D eigenvalue weighted by Gasteiger charge is 2.11. The summed E-state index contributed by atoms with van der Waals surface area (Å²) in [5, 5.41) is 5.46. The van der Waals surface area contributed by atoms with E-state index in [0.717, 1.165) is 0 Å². The molecule has 1 atom stereocenters. The molecular formula is C12H16F2N2O2. The van der Waals surface area contributed by atoms with E-state index in [0.29, 0.717) is 5.56 Å². The van der Waals surface area contributed by atoms with Gasteiger partial charge in [-0.05, 0) is 31.7 Å². The van der Waals surface area contributed by atoms with Gasteiger partial charge in [-0.3, -0.25) is 4.79 Å². The summed E-state index contributed by atoms with van der Waals surface area (Å²) in [6.45, 7) is -0.874. The molecule has 0 fully saturated rings. The third kappa shape index (κ3) is 4.67. The van der Waals surface area contributed by atoms with Crippen LogP contribution in [0.3, 0.4) is 0 Å². The molecule has 1 amide bonds. The van der Waals surface area contributed by atoms with Crippen LogP contribution in [0.4, 0.5) is 8.78 Å². The minimum atomic E-state index is -2.85. The second-order valence-electron chi connectivity index (χ2n) is 3.77. The van der Waals surface area contributed by atoms with Crippen LogP contribution in [0.1, 0.15) is 18.5 Å². The summed E-state index contributed by atoms with van der Waals surface area (Å²) in [4.78, 5) is 11.4. The van der Waals surface area contributed by atoms with E-state index in [1.54, 1.807) is 26.1 Å². The second-order valence-corrected chi connectivity index (χ2v) is 3.77. The van der Waals surface area contributed by atoms with Gasteiger partial charge in [0.05, 0.1) is 12.6 Å². The molecule has 0 spiro atoms. The maximum atomic E-state index is 12.1. The van der Waals surface area contributed by atoms with E-state index < -0.39 is 6.61 Å². The zero-order valence-corrected chi connectivity index (χ0v) is 10.2. The van der Waals surface area contributed by atoms with Crippen molar-refractivity contribution < 1.29 is 18.3 Å². The quantitative estimate of drug-likeness (QED) is 0.816. The number of halogens is 2. The van der Waals surface area contributed by atoms with Gasteiger partial charge in [-0.2, -0.15) is 8.78 Å². The van der Waals surface area contributed by atoms with Crippen LogP contribution in [0.25, 0.3) is 0 Å². The Morgan fingerprint density at radius 1 is 1.44 bits per heavy atom. The van der Waals surface area contributed by atoms with Crippen LogP contribution in [-0.4, -0.2) is 26.1 Å². The molecule has 0 saturated carbocycles. The van der Waals surface area contributed by atoms with Gasteiger partial charge in [0.25, 0.3) is 0 Å². The molecule has 6 heteroatoms. The van der Waals surface area contributed by atoms with Crippen molar-refractivity contribution in [1.29, 1.82) is 0 Å². The maximum absolute atomic E-state index is 12.1. The summed E-state index contributed by atoms with van der Waals surface area (Å²) >= 11 is 0. The van der Waals surface area contributed by atoms with E-state index in [-0.39, 0.29) is 24.2 Å². The molecule has 2 N–H and O–H groups in total. The second kappa shape index (κ2) is 6.90. The van der Waals surface area contributed by atoms with E-state index in [2.05, 4.69) is 15.4 Å². The molecule has 4 nitrogen and oxygen atoms in total. The van der Waals surface area contributed by atoms with Crippen molar-refractivity contribution in [3.8, 4) is 5.75 Å². The number of carbonyl (C=O) groups is 1. The molecule has 0 heterocycles. The fourth-order valence-corrected chi connectivity index (χ4v) is 1.50. The van der Waals surface area contributed by atoms with E-state index in [1.807, 2.05) is 0 Å². The third-order valence-corrected chi connectivity index (χ3v) is 2.30. The highest BCUT2D eigenvalue weighted by atomic mass is 19.3. The summed E-state index contributed by atoms with van der Waals surface area (Å²) in [6, 6.07) is 6.00. The zero-order chi connectivity index (χ0) is 13.5. The molecule has 0 radical (unpaired) electrons. The van der Waals surface area contributed by atoms with Gasteiger partial charge in [-0.15, -0.1) is 0 Å². The van der Waals surface area contributed by atoms with Crippen molar-refractivity contribution in [3.05, 3.63) is 29.8 Å². The Labute approximate surface area is 104 Å². The molecule has 1 unspecified atom stereocenters. The van der Waals surface area contributed by atoms with Crippen LogP contribution < -0.4 is 15.4 Å². The topological polar surface area (TPSA) is 50.4 Å². The van der Waals surface area contributed by atoms with E-state index in [9.17, 15) is 13.6 Å². The van der Waals surface area contributed by atoms with Crippen LogP contribution in [0, 0.1) is 0 Å². The first kappa shape index (κ1) is 14.4. The van der Waals surface area contributed by atoms with Crippen molar-refractivity contribution >= 4 is 5.91 Å². The van der Waals surface area contributed by atoms with Gasteiger partial charge >= 0.3 is 6.61 Å². The number of nitrogens with one attached hydrogen (secondary N) is 2. The zero-order valence-electron chi connectivity index (χ0n) is 10.2. The van der Waals surface area contributed by atoms with Gasteiger partial charge in [0, 0.05) is 0 Å². The SMILES string of the molecule is CNCC(=O)NC(C)c1cccc(OC(F)F)c1. The number of hydrogen-bond donors (Lipinski definition) is 2. The molecule has 0 aliphatic carbocycles. The Balaban J connectivity index is 2.67. The van der Waals surface area contributed by atoms with Crippen LogP contribution >= 0.6 is 0 Å². The average molecular weight is 258 g/mol. The fourth-order valence-electron chi connectivity index (χ4n) is 1.50. The molecule has 1 aromatic carbocycles. The molecule has 0 bridgehead atoms. The maximum Gasteiger partial charge on any atom is 0.387 e. The highest BCUT2D eigenvalue weighted by molar-refractivity contribution is 5.78. The Morgan fingerprint density at radius 2 is 2.17 bits per heavy atom. The van der Waals surface area contributed by atoms with Crippen LogP contribution in [-0.2, 0) is 4.79 Å². The molecule has 0 aliphatic rings. The molecule has 100 valence electrons. The Kier molecular flexibility index (Phi) is 5.51. The predicted octanol–water partition coefficient (Wildman–Crippen LogP) is 1.68. The van der Waals surface area contributed by atoms with Crippen molar-refractivity contribution in [2.45, 2.75) is 19.6 Å². The third-order valence-electron chi connectivity index (χ3n) is 2.30. The number of rotatable bonds is 6. The molecule has 1 aromatic rings.